The van der Waals surface area contributed by atoms with Crippen molar-refractivity contribution in [2.75, 3.05) is 18.4 Å². The van der Waals surface area contributed by atoms with Crippen LogP contribution in [-0.4, -0.2) is 29.3 Å². The normalized spacial score (nSPS) is 21.8. The van der Waals surface area contributed by atoms with Gasteiger partial charge in [-0.25, -0.2) is 0 Å². The summed E-state index contributed by atoms with van der Waals surface area (Å²) < 4.78 is 0. The molecule has 0 spiro atoms. The molecular formula is C16H22N4. The summed E-state index contributed by atoms with van der Waals surface area (Å²) in [5.41, 5.74) is 0.323. The van der Waals surface area contributed by atoms with Gasteiger partial charge in [0.25, 0.3) is 0 Å². The molecule has 0 radical (unpaired) electrons. The van der Waals surface area contributed by atoms with Crippen molar-refractivity contribution in [2.24, 2.45) is 5.41 Å². The van der Waals surface area contributed by atoms with Crippen molar-refractivity contribution in [1.29, 1.82) is 0 Å². The minimum Gasteiger partial charge on any atom is -0.366 e. The molecule has 1 aliphatic rings. The molecule has 0 aliphatic carbocycles. The van der Waals surface area contributed by atoms with E-state index in [0.717, 1.165) is 29.7 Å². The van der Waals surface area contributed by atoms with Crippen LogP contribution < -0.4 is 10.6 Å². The molecule has 4 nitrogen and oxygen atoms in total. The molecular weight excluding hydrogens is 248 g/mol. The molecule has 106 valence electrons. The molecule has 3 rings (SSSR count). The molecule has 2 aromatic rings. The summed E-state index contributed by atoms with van der Waals surface area (Å²) in [6.07, 6.45) is 4.34. The standard InChI is InChI=1S/C16H22N4/c1-16(2)8-5-9-17-14(16)11-18-15-13-7-4-3-6-12(13)10-19-20-15/h3-4,6-7,10,14,17H,5,8-9,11H2,1-2H3,(H,18,20). The lowest BCUT2D eigenvalue weighted by Crippen LogP contribution is -2.50. The molecule has 1 aromatic carbocycles. The van der Waals surface area contributed by atoms with E-state index in [4.69, 9.17) is 0 Å². The SMILES string of the molecule is CC1(C)CCCNC1CNc1nncc2ccccc12. The number of anilines is 1. The zero-order valence-corrected chi connectivity index (χ0v) is 12.2. The lowest BCUT2D eigenvalue weighted by Gasteiger charge is -2.39. The van der Waals surface area contributed by atoms with Crippen molar-refractivity contribution < 1.29 is 0 Å². The first-order chi connectivity index (χ1) is 9.67. The Morgan fingerprint density at radius 2 is 2.20 bits per heavy atom. The highest BCUT2D eigenvalue weighted by molar-refractivity contribution is 5.90. The van der Waals surface area contributed by atoms with Gasteiger partial charge in [0.1, 0.15) is 0 Å². The molecule has 2 N–H and O–H groups in total. The van der Waals surface area contributed by atoms with E-state index in [1.165, 1.54) is 12.8 Å². The van der Waals surface area contributed by atoms with Crippen molar-refractivity contribution in [2.45, 2.75) is 32.7 Å². The zero-order valence-electron chi connectivity index (χ0n) is 12.2. The van der Waals surface area contributed by atoms with Gasteiger partial charge in [-0.3, -0.25) is 0 Å². The molecule has 0 bridgehead atoms. The van der Waals surface area contributed by atoms with Gasteiger partial charge in [-0.1, -0.05) is 38.1 Å². The van der Waals surface area contributed by atoms with Gasteiger partial charge >= 0.3 is 0 Å². The second-order valence-electron chi connectivity index (χ2n) is 6.26. The molecule has 4 heteroatoms. The first kappa shape index (κ1) is 13.3. The number of hydrogen-bond donors (Lipinski definition) is 2. The Labute approximate surface area is 120 Å². The third-order valence-electron chi connectivity index (χ3n) is 4.38. The van der Waals surface area contributed by atoms with Crippen molar-refractivity contribution in [3.05, 3.63) is 30.5 Å². The van der Waals surface area contributed by atoms with Crippen LogP contribution in [0.3, 0.4) is 0 Å². The third-order valence-corrected chi connectivity index (χ3v) is 4.38. The first-order valence-electron chi connectivity index (χ1n) is 7.34. The highest BCUT2D eigenvalue weighted by atomic mass is 15.2. The van der Waals surface area contributed by atoms with Crippen LogP contribution in [0.15, 0.2) is 30.5 Å². The minimum absolute atomic E-state index is 0.323. The number of rotatable bonds is 3. The van der Waals surface area contributed by atoms with Gasteiger partial charge in [0.05, 0.1) is 6.20 Å². The zero-order chi connectivity index (χ0) is 14.0. The lowest BCUT2D eigenvalue weighted by atomic mass is 9.77. The highest BCUT2D eigenvalue weighted by Gasteiger charge is 2.31. The van der Waals surface area contributed by atoms with Crippen molar-refractivity contribution in [3.8, 4) is 0 Å². The van der Waals surface area contributed by atoms with Crippen LogP contribution in [0.1, 0.15) is 26.7 Å². The number of hydrogen-bond acceptors (Lipinski definition) is 4. The predicted molar refractivity (Wildman–Crippen MR) is 82.8 cm³/mol. The largest absolute Gasteiger partial charge is 0.366 e. The third kappa shape index (κ3) is 2.61. The summed E-state index contributed by atoms with van der Waals surface area (Å²) in [6.45, 7) is 6.66. The van der Waals surface area contributed by atoms with Gasteiger partial charge in [0.2, 0.25) is 0 Å². The van der Waals surface area contributed by atoms with Crippen LogP contribution in [0.2, 0.25) is 0 Å². The number of nitrogens with zero attached hydrogens (tertiary/aromatic N) is 2. The molecule has 0 saturated carbocycles. The van der Waals surface area contributed by atoms with Gasteiger partial charge in [-0.15, -0.1) is 5.10 Å². The van der Waals surface area contributed by atoms with E-state index in [-0.39, 0.29) is 0 Å². The molecule has 0 amide bonds. The number of fused-ring (bicyclic) bond motifs is 1. The Hall–Kier alpha value is -1.68. The lowest BCUT2D eigenvalue weighted by molar-refractivity contribution is 0.188. The molecule has 20 heavy (non-hydrogen) atoms. The molecule has 1 aromatic heterocycles. The van der Waals surface area contributed by atoms with E-state index in [2.05, 4.69) is 46.8 Å². The van der Waals surface area contributed by atoms with Crippen molar-refractivity contribution >= 4 is 16.6 Å². The first-order valence-corrected chi connectivity index (χ1v) is 7.34. The number of benzene rings is 1. The number of nitrogens with one attached hydrogen (secondary N) is 2. The minimum atomic E-state index is 0.323. The topological polar surface area (TPSA) is 49.8 Å². The second kappa shape index (κ2) is 5.37. The summed E-state index contributed by atoms with van der Waals surface area (Å²) in [5.74, 6) is 0.881. The monoisotopic (exact) mass is 270 g/mol. The van der Waals surface area contributed by atoms with Crippen molar-refractivity contribution in [3.63, 3.8) is 0 Å². The average Bonchev–Trinajstić information content (AvgIpc) is 2.46. The van der Waals surface area contributed by atoms with Crippen LogP contribution in [0, 0.1) is 5.41 Å². The van der Waals surface area contributed by atoms with Crippen LogP contribution in [0.25, 0.3) is 10.8 Å². The van der Waals surface area contributed by atoms with E-state index in [1.54, 1.807) is 0 Å². The second-order valence-corrected chi connectivity index (χ2v) is 6.26. The Morgan fingerprint density at radius 3 is 3.05 bits per heavy atom. The van der Waals surface area contributed by atoms with Crippen LogP contribution >= 0.6 is 0 Å². The Kier molecular flexibility index (Phi) is 3.57. The van der Waals surface area contributed by atoms with E-state index in [1.807, 2.05) is 18.3 Å². The van der Waals surface area contributed by atoms with E-state index in [9.17, 15) is 0 Å². The van der Waals surface area contributed by atoms with Crippen LogP contribution in [0.5, 0.6) is 0 Å². The maximum absolute atomic E-state index is 4.25. The van der Waals surface area contributed by atoms with Crippen LogP contribution in [0.4, 0.5) is 5.82 Å². The summed E-state index contributed by atoms with van der Waals surface area (Å²) in [6, 6.07) is 8.69. The molecule has 1 unspecified atom stereocenters. The molecule has 1 saturated heterocycles. The van der Waals surface area contributed by atoms with Gasteiger partial charge in [0.15, 0.2) is 5.82 Å². The molecule has 1 aliphatic heterocycles. The fourth-order valence-electron chi connectivity index (χ4n) is 2.98. The van der Waals surface area contributed by atoms with Gasteiger partial charge in [-0.05, 0) is 24.8 Å². The summed E-state index contributed by atoms with van der Waals surface area (Å²) >= 11 is 0. The highest BCUT2D eigenvalue weighted by Crippen LogP contribution is 2.30. The maximum atomic E-state index is 4.25. The number of aromatic nitrogens is 2. The number of piperidine rings is 1. The van der Waals surface area contributed by atoms with Gasteiger partial charge in [-0.2, -0.15) is 5.10 Å². The van der Waals surface area contributed by atoms with E-state index in [0.29, 0.717) is 11.5 Å². The summed E-state index contributed by atoms with van der Waals surface area (Å²) in [5, 5.41) is 17.7. The fraction of sp³-hybridized carbons (Fsp3) is 0.500. The maximum Gasteiger partial charge on any atom is 0.156 e. The van der Waals surface area contributed by atoms with E-state index >= 15 is 0 Å². The van der Waals surface area contributed by atoms with Gasteiger partial charge in [0, 0.05) is 23.4 Å². The smallest absolute Gasteiger partial charge is 0.156 e. The molecule has 1 atom stereocenters. The van der Waals surface area contributed by atoms with E-state index < -0.39 is 0 Å². The fourth-order valence-corrected chi connectivity index (χ4v) is 2.98. The summed E-state index contributed by atoms with van der Waals surface area (Å²) in [7, 11) is 0. The quantitative estimate of drug-likeness (QED) is 0.900. The molecule has 1 fully saturated rings. The average molecular weight is 270 g/mol. The predicted octanol–water partition coefficient (Wildman–Crippen LogP) is 2.82. The Bertz CT molecular complexity index is 589. The Morgan fingerprint density at radius 1 is 1.35 bits per heavy atom. The van der Waals surface area contributed by atoms with Gasteiger partial charge < -0.3 is 10.6 Å². The van der Waals surface area contributed by atoms with Crippen LogP contribution in [-0.2, 0) is 0 Å². The Balaban J connectivity index is 1.77. The molecule has 2 heterocycles. The summed E-state index contributed by atoms with van der Waals surface area (Å²) in [4.78, 5) is 0. The van der Waals surface area contributed by atoms with Crippen molar-refractivity contribution in [1.82, 2.24) is 15.5 Å².